The Labute approximate surface area is 162 Å². The maximum Gasteiger partial charge on any atom is 0.239 e. The fourth-order valence-electron chi connectivity index (χ4n) is 2.92. The van der Waals surface area contributed by atoms with Crippen LogP contribution in [0.15, 0.2) is 67.0 Å². The molecule has 1 aliphatic heterocycles. The lowest BCUT2D eigenvalue weighted by Gasteiger charge is -2.25. The highest BCUT2D eigenvalue weighted by Crippen LogP contribution is 2.37. The quantitative estimate of drug-likeness (QED) is 0.634. The lowest BCUT2D eigenvalue weighted by molar-refractivity contribution is 0.174. The van der Waals surface area contributed by atoms with E-state index in [0.29, 0.717) is 22.7 Å². The average molecular weight is 400 g/mol. The highest BCUT2D eigenvalue weighted by atomic mass is 32.2. The van der Waals surface area contributed by atoms with Gasteiger partial charge in [-0.3, -0.25) is 9.29 Å². The molecule has 0 amide bonds. The molecule has 0 radical (unpaired) electrons. The standard InChI is InChI=1S/C20H17FN2O4S/c21-17-5-3-15(4-6-17)13-28(24,25)23(12-16-2-1-9-22-11-16)18-7-8-19-20(10-18)27-14-26-19/h1-11H,12-14H2. The molecule has 0 bridgehead atoms. The van der Waals surface area contributed by atoms with Gasteiger partial charge in [-0.25, -0.2) is 12.8 Å². The van der Waals surface area contributed by atoms with Gasteiger partial charge in [-0.05, 0) is 41.5 Å². The first-order valence-electron chi connectivity index (χ1n) is 8.55. The van der Waals surface area contributed by atoms with E-state index in [4.69, 9.17) is 9.47 Å². The van der Waals surface area contributed by atoms with Gasteiger partial charge in [0, 0.05) is 18.5 Å². The second-order valence-corrected chi connectivity index (χ2v) is 8.18. The van der Waals surface area contributed by atoms with E-state index in [1.54, 1.807) is 42.7 Å². The average Bonchev–Trinajstić information content (AvgIpc) is 3.16. The fourth-order valence-corrected chi connectivity index (χ4v) is 4.47. The molecule has 0 saturated carbocycles. The van der Waals surface area contributed by atoms with Crippen molar-refractivity contribution in [2.45, 2.75) is 12.3 Å². The lowest BCUT2D eigenvalue weighted by atomic mass is 10.2. The van der Waals surface area contributed by atoms with Crippen LogP contribution in [0.5, 0.6) is 11.5 Å². The number of hydrogen-bond acceptors (Lipinski definition) is 5. The highest BCUT2D eigenvalue weighted by Gasteiger charge is 2.26. The van der Waals surface area contributed by atoms with Crippen molar-refractivity contribution < 1.29 is 22.3 Å². The zero-order chi connectivity index (χ0) is 19.6. The minimum absolute atomic E-state index is 0.101. The molecular formula is C20H17FN2O4S. The monoisotopic (exact) mass is 400 g/mol. The Hall–Kier alpha value is -3.13. The van der Waals surface area contributed by atoms with Crippen LogP contribution in [0.25, 0.3) is 0 Å². The van der Waals surface area contributed by atoms with Crippen molar-refractivity contribution >= 4 is 15.7 Å². The first kappa shape index (κ1) is 18.2. The molecule has 0 N–H and O–H groups in total. The molecule has 0 fully saturated rings. The maximum atomic E-state index is 13.2. The summed E-state index contributed by atoms with van der Waals surface area (Å²) in [5.41, 5.74) is 1.69. The van der Waals surface area contributed by atoms with Crippen LogP contribution in [-0.4, -0.2) is 20.2 Å². The summed E-state index contributed by atoms with van der Waals surface area (Å²) in [5.74, 6) is 0.387. The van der Waals surface area contributed by atoms with Gasteiger partial charge in [0.15, 0.2) is 11.5 Å². The van der Waals surface area contributed by atoms with Crippen LogP contribution in [0.2, 0.25) is 0 Å². The molecule has 2 aromatic carbocycles. The highest BCUT2D eigenvalue weighted by molar-refractivity contribution is 7.92. The number of halogens is 1. The molecule has 0 saturated heterocycles. The lowest BCUT2D eigenvalue weighted by Crippen LogP contribution is -2.31. The van der Waals surface area contributed by atoms with E-state index in [2.05, 4.69) is 4.98 Å². The molecule has 28 heavy (non-hydrogen) atoms. The van der Waals surface area contributed by atoms with Crippen molar-refractivity contribution in [1.82, 2.24) is 4.98 Å². The molecule has 0 unspecified atom stereocenters. The number of rotatable bonds is 6. The Balaban J connectivity index is 1.70. The largest absolute Gasteiger partial charge is 0.454 e. The second-order valence-electron chi connectivity index (χ2n) is 6.29. The molecule has 144 valence electrons. The Bertz CT molecular complexity index is 1070. The SMILES string of the molecule is O=S(=O)(Cc1ccc(F)cc1)N(Cc1cccnc1)c1ccc2c(c1)OCO2. The minimum atomic E-state index is -3.77. The van der Waals surface area contributed by atoms with Gasteiger partial charge in [0.05, 0.1) is 18.0 Å². The molecule has 1 aliphatic rings. The fraction of sp³-hybridized carbons (Fsp3) is 0.150. The summed E-state index contributed by atoms with van der Waals surface area (Å²) in [6.07, 6.45) is 3.24. The topological polar surface area (TPSA) is 68.7 Å². The minimum Gasteiger partial charge on any atom is -0.454 e. The molecule has 1 aromatic heterocycles. The number of ether oxygens (including phenoxy) is 2. The van der Waals surface area contributed by atoms with E-state index >= 15 is 0 Å². The van der Waals surface area contributed by atoms with Crippen LogP contribution in [0, 0.1) is 5.82 Å². The van der Waals surface area contributed by atoms with Crippen molar-refractivity contribution in [3.05, 3.63) is 83.9 Å². The van der Waals surface area contributed by atoms with Crippen molar-refractivity contribution in [1.29, 1.82) is 0 Å². The van der Waals surface area contributed by atoms with Crippen LogP contribution in [0.1, 0.15) is 11.1 Å². The number of pyridine rings is 1. The number of benzene rings is 2. The molecule has 6 nitrogen and oxygen atoms in total. The molecule has 4 rings (SSSR count). The zero-order valence-corrected chi connectivity index (χ0v) is 15.6. The summed E-state index contributed by atoms with van der Waals surface area (Å²) in [4.78, 5) is 4.06. The van der Waals surface area contributed by atoms with Gasteiger partial charge in [0.1, 0.15) is 5.82 Å². The third-order valence-electron chi connectivity index (χ3n) is 4.29. The van der Waals surface area contributed by atoms with E-state index in [9.17, 15) is 12.8 Å². The third-order valence-corrected chi connectivity index (χ3v) is 6.00. The normalized spacial score (nSPS) is 12.8. The van der Waals surface area contributed by atoms with Gasteiger partial charge in [-0.2, -0.15) is 0 Å². The van der Waals surface area contributed by atoms with Crippen LogP contribution >= 0.6 is 0 Å². The molecular weight excluding hydrogens is 383 g/mol. The molecule has 8 heteroatoms. The van der Waals surface area contributed by atoms with Crippen LogP contribution in [-0.2, 0) is 22.3 Å². The van der Waals surface area contributed by atoms with Gasteiger partial charge in [0.25, 0.3) is 0 Å². The number of hydrogen-bond donors (Lipinski definition) is 0. The molecule has 0 spiro atoms. The molecule has 2 heterocycles. The Morgan fingerprint density at radius 3 is 2.54 bits per heavy atom. The molecule has 0 aliphatic carbocycles. The Kier molecular flexibility index (Phi) is 4.87. The van der Waals surface area contributed by atoms with E-state index in [0.717, 1.165) is 5.56 Å². The number of sulfonamides is 1. The number of fused-ring (bicyclic) bond motifs is 1. The van der Waals surface area contributed by atoms with Crippen molar-refractivity contribution in [3.63, 3.8) is 0 Å². The van der Waals surface area contributed by atoms with Crippen molar-refractivity contribution in [2.75, 3.05) is 11.1 Å². The van der Waals surface area contributed by atoms with Gasteiger partial charge in [0.2, 0.25) is 16.8 Å². The number of anilines is 1. The summed E-state index contributed by atoms with van der Waals surface area (Å²) >= 11 is 0. The van der Waals surface area contributed by atoms with Gasteiger partial charge >= 0.3 is 0 Å². The van der Waals surface area contributed by atoms with Gasteiger partial charge in [-0.15, -0.1) is 0 Å². The third kappa shape index (κ3) is 3.91. The van der Waals surface area contributed by atoms with Crippen LogP contribution in [0.3, 0.4) is 0 Å². The summed E-state index contributed by atoms with van der Waals surface area (Å²) in [6.45, 7) is 0.209. The predicted octanol–water partition coefficient (Wildman–Crippen LogP) is 3.49. The first-order chi connectivity index (χ1) is 13.5. The van der Waals surface area contributed by atoms with Crippen molar-refractivity contribution in [3.8, 4) is 11.5 Å². The van der Waals surface area contributed by atoms with E-state index < -0.39 is 15.8 Å². The molecule has 3 aromatic rings. The van der Waals surface area contributed by atoms with Crippen LogP contribution < -0.4 is 13.8 Å². The van der Waals surface area contributed by atoms with Crippen LogP contribution in [0.4, 0.5) is 10.1 Å². The summed E-state index contributed by atoms with van der Waals surface area (Å²) in [5, 5.41) is 0. The Morgan fingerprint density at radius 2 is 1.79 bits per heavy atom. The predicted molar refractivity (Wildman–Crippen MR) is 102 cm³/mol. The first-order valence-corrected chi connectivity index (χ1v) is 10.2. The van der Waals surface area contributed by atoms with E-state index in [-0.39, 0.29) is 19.1 Å². The van der Waals surface area contributed by atoms with Crippen molar-refractivity contribution in [2.24, 2.45) is 0 Å². The zero-order valence-electron chi connectivity index (χ0n) is 14.8. The van der Waals surface area contributed by atoms with E-state index in [1.807, 2.05) is 0 Å². The van der Waals surface area contributed by atoms with E-state index in [1.165, 1.54) is 28.6 Å². The summed E-state index contributed by atoms with van der Waals surface area (Å²) in [7, 11) is -3.77. The summed E-state index contributed by atoms with van der Waals surface area (Å²) < 4.78 is 51.6. The maximum absolute atomic E-state index is 13.2. The number of aromatic nitrogens is 1. The molecule has 0 atom stereocenters. The smallest absolute Gasteiger partial charge is 0.239 e. The van der Waals surface area contributed by atoms with Gasteiger partial charge in [-0.1, -0.05) is 18.2 Å². The second kappa shape index (κ2) is 7.47. The van der Waals surface area contributed by atoms with Gasteiger partial charge < -0.3 is 9.47 Å². The Morgan fingerprint density at radius 1 is 1.00 bits per heavy atom. The summed E-state index contributed by atoms with van der Waals surface area (Å²) in [6, 6.07) is 14.0. The number of nitrogens with zero attached hydrogens (tertiary/aromatic N) is 2.